The number of aliphatic hydroxyl groups excluding tert-OH is 1. The first-order chi connectivity index (χ1) is 13.7. The number of rotatable bonds is 2. The number of ether oxygens (including phenoxy) is 2. The molecule has 0 unspecified atom stereocenters. The van der Waals surface area contributed by atoms with Crippen LogP contribution in [0, 0.1) is 11.8 Å². The van der Waals surface area contributed by atoms with Gasteiger partial charge in [-0.2, -0.15) is 4.90 Å². The van der Waals surface area contributed by atoms with Crippen molar-refractivity contribution in [3.63, 3.8) is 0 Å². The number of carbonyl (C=O) groups excluding carboxylic acids is 2. The number of nitrogens with zero attached hydrogens (tertiary/aromatic N) is 3. The van der Waals surface area contributed by atoms with E-state index in [1.807, 2.05) is 13.8 Å². The van der Waals surface area contributed by atoms with E-state index in [-0.39, 0.29) is 17.5 Å². The van der Waals surface area contributed by atoms with E-state index in [1.165, 1.54) is 6.20 Å². The van der Waals surface area contributed by atoms with Crippen LogP contribution in [0.25, 0.3) is 0 Å². The zero-order chi connectivity index (χ0) is 22.9. The molecular weight excluding hydrogens is 386 g/mol. The number of hydrogen-bond donors (Lipinski definition) is 1. The Hall–Kier alpha value is -2.35. The zero-order valence-electron chi connectivity index (χ0n) is 19.3. The summed E-state index contributed by atoms with van der Waals surface area (Å²) in [5.74, 6) is 0.0672. The van der Waals surface area contributed by atoms with Gasteiger partial charge in [0.25, 0.3) is 0 Å². The zero-order valence-corrected chi connectivity index (χ0v) is 19.3. The Balaban J connectivity index is 2.48. The molecule has 2 heterocycles. The maximum Gasteiger partial charge on any atom is 0.424 e. The van der Waals surface area contributed by atoms with Crippen molar-refractivity contribution in [3.8, 4) is 0 Å². The number of amides is 2. The summed E-state index contributed by atoms with van der Waals surface area (Å²) in [4.78, 5) is 33.1. The Kier molecular flexibility index (Phi) is 7.01. The standard InChI is InChI=1S/C22H35N3O5/c1-14-12-24(13-15(2)18(14)26)16-9-10-23-11-17(16)25(19(27)29-21(3,4)5)20(28)30-22(6,7)8/h9-11,14-15,18,26H,12-13H2,1-8H3/t14-,15+,18+. The van der Waals surface area contributed by atoms with Crippen LogP contribution in [-0.2, 0) is 9.47 Å². The van der Waals surface area contributed by atoms with E-state index in [9.17, 15) is 14.7 Å². The van der Waals surface area contributed by atoms with Gasteiger partial charge in [-0.3, -0.25) is 4.98 Å². The second-order valence-electron chi connectivity index (χ2n) is 10.0. The monoisotopic (exact) mass is 421 g/mol. The highest BCUT2D eigenvalue weighted by atomic mass is 16.6. The maximum absolute atomic E-state index is 13.0. The number of carbonyl (C=O) groups is 2. The summed E-state index contributed by atoms with van der Waals surface area (Å²) in [6.07, 6.45) is 1.01. The van der Waals surface area contributed by atoms with E-state index in [0.29, 0.717) is 18.8 Å². The Labute approximate surface area is 179 Å². The molecule has 168 valence electrons. The van der Waals surface area contributed by atoms with Gasteiger partial charge < -0.3 is 19.5 Å². The summed E-state index contributed by atoms with van der Waals surface area (Å²) in [6, 6.07) is 1.76. The predicted octanol–water partition coefficient (Wildman–Crippen LogP) is 4.21. The molecule has 1 aliphatic rings. The van der Waals surface area contributed by atoms with Crippen LogP contribution in [-0.4, -0.2) is 52.7 Å². The van der Waals surface area contributed by atoms with Crippen molar-refractivity contribution in [2.75, 3.05) is 22.9 Å². The molecule has 3 atom stereocenters. The van der Waals surface area contributed by atoms with Gasteiger partial charge in [-0.05, 0) is 59.4 Å². The maximum atomic E-state index is 13.0. The molecule has 0 saturated carbocycles. The normalized spacial score (nSPS) is 22.4. The van der Waals surface area contributed by atoms with Gasteiger partial charge in [-0.15, -0.1) is 0 Å². The molecule has 0 aromatic carbocycles. The lowest BCUT2D eigenvalue weighted by atomic mass is 9.88. The van der Waals surface area contributed by atoms with Crippen LogP contribution in [0.1, 0.15) is 55.4 Å². The van der Waals surface area contributed by atoms with Crippen molar-refractivity contribution in [2.24, 2.45) is 11.8 Å². The first-order valence-electron chi connectivity index (χ1n) is 10.3. The van der Waals surface area contributed by atoms with E-state index in [1.54, 1.807) is 53.8 Å². The second-order valence-corrected chi connectivity index (χ2v) is 10.0. The molecule has 0 radical (unpaired) electrons. The molecule has 0 bridgehead atoms. The van der Waals surface area contributed by atoms with Gasteiger partial charge >= 0.3 is 12.2 Å². The molecule has 1 aromatic rings. The quantitative estimate of drug-likeness (QED) is 0.764. The largest absolute Gasteiger partial charge is 0.443 e. The fraction of sp³-hybridized carbons (Fsp3) is 0.682. The Morgan fingerprint density at radius 1 is 1.03 bits per heavy atom. The highest BCUT2D eigenvalue weighted by Gasteiger charge is 2.37. The average Bonchev–Trinajstić information content (AvgIpc) is 2.56. The third-order valence-corrected chi connectivity index (χ3v) is 4.69. The SMILES string of the molecule is C[C@@H]1CN(c2ccncc2N(C(=O)OC(C)(C)C)C(=O)OC(C)(C)C)C[C@H](C)[C@H]1O. The molecule has 1 aromatic heterocycles. The van der Waals surface area contributed by atoms with Crippen LogP contribution in [0.2, 0.25) is 0 Å². The molecule has 8 heteroatoms. The van der Waals surface area contributed by atoms with Gasteiger partial charge in [-0.1, -0.05) is 13.8 Å². The lowest BCUT2D eigenvalue weighted by Gasteiger charge is -2.41. The predicted molar refractivity (Wildman–Crippen MR) is 116 cm³/mol. The minimum absolute atomic E-state index is 0.0336. The number of hydrogen-bond acceptors (Lipinski definition) is 7. The molecule has 1 aliphatic heterocycles. The van der Waals surface area contributed by atoms with E-state index < -0.39 is 29.5 Å². The van der Waals surface area contributed by atoms with Gasteiger partial charge in [0.2, 0.25) is 0 Å². The molecule has 8 nitrogen and oxygen atoms in total. The fourth-order valence-electron chi connectivity index (χ4n) is 3.45. The summed E-state index contributed by atoms with van der Waals surface area (Å²) < 4.78 is 11.0. The first kappa shape index (κ1) is 23.9. The average molecular weight is 422 g/mol. The lowest BCUT2D eigenvalue weighted by Crippen LogP contribution is -2.49. The summed E-state index contributed by atoms with van der Waals surface area (Å²) in [5, 5.41) is 10.3. The van der Waals surface area contributed by atoms with Gasteiger partial charge in [-0.25, -0.2) is 9.59 Å². The van der Waals surface area contributed by atoms with Crippen molar-refractivity contribution >= 4 is 23.6 Å². The Morgan fingerprint density at radius 2 is 1.50 bits per heavy atom. The van der Waals surface area contributed by atoms with Gasteiger partial charge in [0.05, 0.1) is 18.0 Å². The van der Waals surface area contributed by atoms with Crippen LogP contribution in [0.5, 0.6) is 0 Å². The van der Waals surface area contributed by atoms with Gasteiger partial charge in [0.1, 0.15) is 16.9 Å². The van der Waals surface area contributed by atoms with E-state index in [2.05, 4.69) is 9.88 Å². The second kappa shape index (κ2) is 8.79. The lowest BCUT2D eigenvalue weighted by molar-refractivity contribution is 0.0428. The van der Waals surface area contributed by atoms with Crippen molar-refractivity contribution in [1.82, 2.24) is 4.98 Å². The topological polar surface area (TPSA) is 92.2 Å². The van der Waals surface area contributed by atoms with Crippen molar-refractivity contribution < 1.29 is 24.2 Å². The molecule has 1 saturated heterocycles. The van der Waals surface area contributed by atoms with Crippen LogP contribution < -0.4 is 9.80 Å². The van der Waals surface area contributed by atoms with Crippen LogP contribution in [0.3, 0.4) is 0 Å². The first-order valence-corrected chi connectivity index (χ1v) is 10.3. The number of aromatic nitrogens is 1. The van der Waals surface area contributed by atoms with E-state index >= 15 is 0 Å². The fourth-order valence-corrected chi connectivity index (χ4v) is 3.45. The molecular formula is C22H35N3O5. The molecule has 30 heavy (non-hydrogen) atoms. The Bertz CT molecular complexity index is 729. The highest BCUT2D eigenvalue weighted by Crippen LogP contribution is 2.35. The van der Waals surface area contributed by atoms with Crippen molar-refractivity contribution in [3.05, 3.63) is 18.5 Å². The molecule has 0 aliphatic carbocycles. The minimum atomic E-state index is -0.829. The van der Waals surface area contributed by atoms with Crippen LogP contribution >= 0.6 is 0 Å². The smallest absolute Gasteiger partial charge is 0.424 e. The third-order valence-electron chi connectivity index (χ3n) is 4.69. The van der Waals surface area contributed by atoms with E-state index in [0.717, 1.165) is 4.90 Å². The number of imide groups is 1. The van der Waals surface area contributed by atoms with Crippen LogP contribution in [0.15, 0.2) is 18.5 Å². The third kappa shape index (κ3) is 6.08. The molecule has 1 fully saturated rings. The molecule has 2 rings (SSSR count). The molecule has 1 N–H and O–H groups in total. The van der Waals surface area contributed by atoms with Crippen LogP contribution in [0.4, 0.5) is 21.0 Å². The summed E-state index contributed by atoms with van der Waals surface area (Å²) in [6.45, 7) is 15.5. The summed E-state index contributed by atoms with van der Waals surface area (Å²) >= 11 is 0. The van der Waals surface area contributed by atoms with Gasteiger partial charge in [0.15, 0.2) is 0 Å². The molecule has 0 spiro atoms. The summed E-state index contributed by atoms with van der Waals surface area (Å²) in [7, 11) is 0. The summed E-state index contributed by atoms with van der Waals surface area (Å²) in [5.41, 5.74) is -0.639. The number of aliphatic hydroxyl groups is 1. The molecule has 2 amide bonds. The van der Waals surface area contributed by atoms with Crippen molar-refractivity contribution in [1.29, 1.82) is 0 Å². The highest BCUT2D eigenvalue weighted by molar-refractivity contribution is 6.11. The number of anilines is 2. The van der Waals surface area contributed by atoms with Gasteiger partial charge in [0, 0.05) is 19.3 Å². The Morgan fingerprint density at radius 3 is 1.93 bits per heavy atom. The minimum Gasteiger partial charge on any atom is -0.443 e. The van der Waals surface area contributed by atoms with E-state index in [4.69, 9.17) is 9.47 Å². The van der Waals surface area contributed by atoms with Crippen molar-refractivity contribution in [2.45, 2.75) is 72.7 Å². The number of piperidine rings is 1. The number of pyridine rings is 1.